The second-order valence-corrected chi connectivity index (χ2v) is 11.1. The number of aromatic nitrogens is 3. The van der Waals surface area contributed by atoms with Gasteiger partial charge in [0.25, 0.3) is 0 Å². The molecule has 3 heterocycles. The maximum atomic E-state index is 13.8. The molecule has 11 nitrogen and oxygen atoms in total. The number of fused-ring (bicyclic) bond motifs is 1. The minimum atomic E-state index is -0.858. The molecular weight excluding hydrogens is 546 g/mol. The molecule has 3 amide bonds. The molecule has 1 aromatic heterocycles. The van der Waals surface area contributed by atoms with E-state index in [1.807, 2.05) is 73.8 Å². The first-order valence-electron chi connectivity index (χ1n) is 14.6. The third-order valence-corrected chi connectivity index (χ3v) is 8.27. The number of nitrogens with one attached hydrogen (secondary N) is 2. The quantitative estimate of drug-likeness (QED) is 0.344. The number of ether oxygens (including phenoxy) is 1. The molecule has 222 valence electrons. The summed E-state index contributed by atoms with van der Waals surface area (Å²) >= 11 is 0. The van der Waals surface area contributed by atoms with Crippen LogP contribution in [0.4, 0.5) is 4.79 Å². The highest BCUT2D eigenvalue weighted by atomic mass is 16.6. The molecule has 3 atom stereocenters. The molecule has 4 aromatic rings. The molecule has 3 aromatic carbocycles. The van der Waals surface area contributed by atoms with Gasteiger partial charge >= 0.3 is 6.09 Å². The summed E-state index contributed by atoms with van der Waals surface area (Å²) in [5, 5.41) is 14.5. The molecule has 0 spiro atoms. The first-order valence-corrected chi connectivity index (χ1v) is 14.6. The number of amides is 3. The van der Waals surface area contributed by atoms with Crippen LogP contribution in [0.2, 0.25) is 0 Å². The van der Waals surface area contributed by atoms with Crippen molar-refractivity contribution in [1.29, 1.82) is 0 Å². The van der Waals surface area contributed by atoms with E-state index in [0.29, 0.717) is 13.0 Å². The van der Waals surface area contributed by atoms with Crippen LogP contribution in [0.1, 0.15) is 29.0 Å². The van der Waals surface area contributed by atoms with Crippen LogP contribution in [0, 0.1) is 0 Å². The first-order chi connectivity index (χ1) is 21.0. The Morgan fingerprint density at radius 2 is 1.74 bits per heavy atom. The Hall–Kier alpha value is -4.77. The van der Waals surface area contributed by atoms with Crippen molar-refractivity contribution >= 4 is 28.9 Å². The van der Waals surface area contributed by atoms with E-state index < -0.39 is 18.2 Å². The normalized spacial score (nSPS) is 20.3. The van der Waals surface area contributed by atoms with E-state index in [-0.39, 0.29) is 50.5 Å². The van der Waals surface area contributed by atoms with Crippen LogP contribution in [0.5, 0.6) is 0 Å². The summed E-state index contributed by atoms with van der Waals surface area (Å²) in [6, 6.07) is 24.0. The van der Waals surface area contributed by atoms with Crippen molar-refractivity contribution in [1.82, 2.24) is 35.4 Å². The number of nitrogens with zero attached hydrogens (tertiary/aromatic N) is 5. The van der Waals surface area contributed by atoms with E-state index in [9.17, 15) is 14.4 Å². The predicted molar refractivity (Wildman–Crippen MR) is 160 cm³/mol. The molecule has 0 aliphatic carbocycles. The number of hydrogen-bond donors (Lipinski definition) is 2. The van der Waals surface area contributed by atoms with Crippen molar-refractivity contribution < 1.29 is 19.1 Å². The smallest absolute Gasteiger partial charge is 0.410 e. The van der Waals surface area contributed by atoms with Gasteiger partial charge in [-0.2, -0.15) is 0 Å². The summed E-state index contributed by atoms with van der Waals surface area (Å²) in [5.74, 6) is -0.240. The van der Waals surface area contributed by atoms with Gasteiger partial charge in [-0.05, 0) is 41.2 Å². The standard InChI is InChI=1S/C32H35N7O4/c1-37-28-13-12-23(16-26(28)35-36-37)18-34-30(40)29-20-38(32(42)43-21-22-8-4-2-5-9-22)14-15-39(29)31(41)27-17-25(19-33-27)24-10-6-3-7-11-24/h2-13,16,25,27,29,33H,14-15,17-21H2,1H3,(H,34,40). The van der Waals surface area contributed by atoms with Gasteiger partial charge in [-0.3, -0.25) is 9.59 Å². The Morgan fingerprint density at radius 1 is 0.977 bits per heavy atom. The monoisotopic (exact) mass is 581 g/mol. The molecule has 3 unspecified atom stereocenters. The molecule has 2 N–H and O–H groups in total. The zero-order valence-electron chi connectivity index (χ0n) is 24.1. The van der Waals surface area contributed by atoms with Crippen LogP contribution in [0.15, 0.2) is 78.9 Å². The van der Waals surface area contributed by atoms with E-state index >= 15 is 0 Å². The molecule has 2 aliphatic rings. The average molecular weight is 582 g/mol. The van der Waals surface area contributed by atoms with Gasteiger partial charge in [0.15, 0.2) is 0 Å². The molecule has 0 saturated carbocycles. The Bertz CT molecular complexity index is 1590. The number of benzene rings is 3. The van der Waals surface area contributed by atoms with E-state index in [1.54, 1.807) is 9.58 Å². The third-order valence-electron chi connectivity index (χ3n) is 8.27. The second-order valence-electron chi connectivity index (χ2n) is 11.1. The van der Waals surface area contributed by atoms with Crippen LogP contribution in [0.25, 0.3) is 11.0 Å². The number of carbonyl (C=O) groups excluding carboxylic acids is 3. The summed E-state index contributed by atoms with van der Waals surface area (Å²) in [6.07, 6.45) is 0.138. The summed E-state index contributed by atoms with van der Waals surface area (Å²) in [7, 11) is 1.82. The van der Waals surface area contributed by atoms with Gasteiger partial charge in [0.05, 0.1) is 18.1 Å². The molecule has 2 saturated heterocycles. The lowest BCUT2D eigenvalue weighted by molar-refractivity contribution is -0.145. The topological polar surface area (TPSA) is 122 Å². The van der Waals surface area contributed by atoms with E-state index in [2.05, 4.69) is 33.1 Å². The van der Waals surface area contributed by atoms with Gasteiger partial charge in [0, 0.05) is 33.2 Å². The Labute approximate surface area is 249 Å². The van der Waals surface area contributed by atoms with Crippen molar-refractivity contribution in [2.45, 2.75) is 37.6 Å². The first kappa shape index (κ1) is 28.4. The number of aryl methyl sites for hydroxylation is 1. The summed E-state index contributed by atoms with van der Waals surface area (Å²) in [4.78, 5) is 43.6. The highest BCUT2D eigenvalue weighted by Crippen LogP contribution is 2.27. The molecule has 0 radical (unpaired) electrons. The zero-order valence-corrected chi connectivity index (χ0v) is 24.1. The summed E-state index contributed by atoms with van der Waals surface area (Å²) in [6.45, 7) is 1.63. The van der Waals surface area contributed by atoms with E-state index in [0.717, 1.165) is 22.2 Å². The lowest BCUT2D eigenvalue weighted by Gasteiger charge is -2.41. The SMILES string of the molecule is Cn1nnc2cc(CNC(=O)C3CN(C(=O)OCc4ccccc4)CCN3C(=O)C3CC(c4ccccc4)CN3)ccc21. The maximum Gasteiger partial charge on any atom is 0.410 e. The van der Waals surface area contributed by atoms with Crippen molar-refractivity contribution in [3.05, 3.63) is 95.6 Å². The molecule has 2 aliphatic heterocycles. The van der Waals surface area contributed by atoms with E-state index in [1.165, 1.54) is 10.5 Å². The van der Waals surface area contributed by atoms with Crippen molar-refractivity contribution in [3.8, 4) is 0 Å². The Kier molecular flexibility index (Phi) is 8.32. The molecule has 2 fully saturated rings. The van der Waals surface area contributed by atoms with Gasteiger partial charge in [0.1, 0.15) is 18.2 Å². The summed E-state index contributed by atoms with van der Waals surface area (Å²) in [5.41, 5.74) is 4.54. The van der Waals surface area contributed by atoms with Gasteiger partial charge in [0.2, 0.25) is 11.8 Å². The fraction of sp³-hybridized carbons (Fsp3) is 0.344. The number of rotatable bonds is 7. The Balaban J connectivity index is 1.15. The van der Waals surface area contributed by atoms with Gasteiger partial charge < -0.3 is 25.2 Å². The maximum absolute atomic E-state index is 13.8. The van der Waals surface area contributed by atoms with Gasteiger partial charge in [-0.25, -0.2) is 9.48 Å². The van der Waals surface area contributed by atoms with Crippen LogP contribution in [0.3, 0.4) is 0 Å². The zero-order chi connectivity index (χ0) is 29.8. The van der Waals surface area contributed by atoms with E-state index in [4.69, 9.17) is 4.74 Å². The Morgan fingerprint density at radius 3 is 2.53 bits per heavy atom. The number of hydrogen-bond acceptors (Lipinski definition) is 7. The molecule has 0 bridgehead atoms. The lowest BCUT2D eigenvalue weighted by atomic mass is 9.95. The minimum absolute atomic E-state index is 0.0449. The molecule has 11 heteroatoms. The van der Waals surface area contributed by atoms with Crippen LogP contribution < -0.4 is 10.6 Å². The highest BCUT2D eigenvalue weighted by molar-refractivity contribution is 5.91. The van der Waals surface area contributed by atoms with Crippen LogP contribution >= 0.6 is 0 Å². The van der Waals surface area contributed by atoms with Crippen LogP contribution in [-0.4, -0.2) is 81.0 Å². The fourth-order valence-electron chi connectivity index (χ4n) is 5.85. The minimum Gasteiger partial charge on any atom is -0.445 e. The van der Waals surface area contributed by atoms with Crippen molar-refractivity contribution in [3.63, 3.8) is 0 Å². The van der Waals surface area contributed by atoms with Crippen LogP contribution in [-0.2, 0) is 34.5 Å². The summed E-state index contributed by atoms with van der Waals surface area (Å²) < 4.78 is 7.24. The highest BCUT2D eigenvalue weighted by Gasteiger charge is 2.41. The predicted octanol–water partition coefficient (Wildman–Crippen LogP) is 2.58. The van der Waals surface area contributed by atoms with Gasteiger partial charge in [-0.1, -0.05) is 71.9 Å². The molecule has 6 rings (SSSR count). The lowest BCUT2D eigenvalue weighted by Crippen LogP contribution is -2.63. The third kappa shape index (κ3) is 6.36. The fourth-order valence-corrected chi connectivity index (χ4v) is 5.85. The number of piperazine rings is 1. The molecular formula is C32H35N7O4. The second kappa shape index (κ2) is 12.6. The average Bonchev–Trinajstić information content (AvgIpc) is 3.70. The number of carbonyl (C=O) groups is 3. The largest absolute Gasteiger partial charge is 0.445 e. The van der Waals surface area contributed by atoms with Crippen molar-refractivity contribution in [2.24, 2.45) is 7.05 Å². The van der Waals surface area contributed by atoms with Gasteiger partial charge in [-0.15, -0.1) is 5.10 Å². The van der Waals surface area contributed by atoms with Crippen molar-refractivity contribution in [2.75, 3.05) is 26.2 Å². The molecule has 43 heavy (non-hydrogen) atoms.